The molecule has 0 radical (unpaired) electrons. The molecule has 0 amide bonds. The summed E-state index contributed by atoms with van der Waals surface area (Å²) in [7, 11) is -0.351. The predicted molar refractivity (Wildman–Crippen MR) is 107 cm³/mol. The molecule has 2 fully saturated rings. The second-order valence-corrected chi connectivity index (χ2v) is 12.1. The summed E-state index contributed by atoms with van der Waals surface area (Å²) in [4.78, 5) is 0. The van der Waals surface area contributed by atoms with Crippen molar-refractivity contribution in [2.24, 2.45) is 17.8 Å². The van der Waals surface area contributed by atoms with Crippen molar-refractivity contribution in [2.75, 3.05) is 6.61 Å². The minimum absolute atomic E-state index is 0.339. The van der Waals surface area contributed by atoms with Gasteiger partial charge in [0.25, 0.3) is 0 Å². The number of benzene rings is 1. The third-order valence-corrected chi connectivity index (χ3v) is 10.4. The van der Waals surface area contributed by atoms with E-state index in [1.165, 1.54) is 51.0 Å². The average molecular weight is 383 g/mol. The Balaban J connectivity index is 1.39. The highest BCUT2D eigenvalue weighted by Crippen LogP contribution is 2.41. The van der Waals surface area contributed by atoms with E-state index in [4.69, 9.17) is 16.3 Å². The number of hydrogen-bond acceptors (Lipinski definition) is 1. The van der Waals surface area contributed by atoms with E-state index in [-0.39, 0.29) is 14.6 Å². The molecule has 25 heavy (non-hydrogen) atoms. The monoisotopic (exact) mass is 382 g/mol. The number of rotatable bonds is 6. The number of halogens is 2. The first-order chi connectivity index (χ1) is 12.2. The summed E-state index contributed by atoms with van der Waals surface area (Å²) in [6.45, 7) is 2.99. The Labute approximate surface area is 158 Å². The van der Waals surface area contributed by atoms with Gasteiger partial charge in [0.15, 0.2) is 11.6 Å². The van der Waals surface area contributed by atoms with Gasteiger partial charge in [-0.2, -0.15) is 0 Å². The number of ether oxygens (including phenoxy) is 1. The highest BCUT2D eigenvalue weighted by Gasteiger charge is 2.31. The van der Waals surface area contributed by atoms with Gasteiger partial charge in [0.2, 0.25) is 0 Å². The van der Waals surface area contributed by atoms with Gasteiger partial charge in [-0.3, -0.25) is 0 Å². The summed E-state index contributed by atoms with van der Waals surface area (Å²) in [5.41, 5.74) is 0. The minimum Gasteiger partial charge on any atom is -0.490 e. The lowest BCUT2D eigenvalue weighted by molar-refractivity contribution is 0.145. The second kappa shape index (κ2) is 9.41. The Kier molecular flexibility index (Phi) is 7.24. The molecule has 3 rings (SSSR count). The van der Waals surface area contributed by atoms with Crippen LogP contribution in [0.2, 0.25) is 23.2 Å². The van der Waals surface area contributed by atoms with Gasteiger partial charge < -0.3 is 4.74 Å². The third-order valence-electron chi connectivity index (χ3n) is 6.51. The van der Waals surface area contributed by atoms with Crippen molar-refractivity contribution < 1.29 is 9.13 Å². The van der Waals surface area contributed by atoms with E-state index >= 15 is 0 Å². The van der Waals surface area contributed by atoms with Gasteiger partial charge in [-0.15, -0.1) is 0 Å². The van der Waals surface area contributed by atoms with Crippen LogP contribution in [0.3, 0.4) is 0 Å². The van der Waals surface area contributed by atoms with Crippen LogP contribution < -0.4 is 4.74 Å². The molecule has 1 saturated carbocycles. The molecule has 0 atom stereocenters. The van der Waals surface area contributed by atoms with E-state index in [2.05, 4.69) is 6.92 Å². The second-order valence-electron chi connectivity index (χ2n) is 8.24. The van der Waals surface area contributed by atoms with Crippen LogP contribution in [0.15, 0.2) is 18.2 Å². The van der Waals surface area contributed by atoms with Gasteiger partial charge in [0.05, 0.1) is 6.61 Å². The Morgan fingerprint density at radius 2 is 1.76 bits per heavy atom. The van der Waals surface area contributed by atoms with E-state index in [1.54, 1.807) is 30.3 Å². The van der Waals surface area contributed by atoms with Crippen molar-refractivity contribution in [1.82, 2.24) is 0 Å². The fourth-order valence-corrected chi connectivity index (χ4v) is 8.62. The molecule has 4 heteroatoms. The molecule has 1 nitrogen and oxygen atoms in total. The van der Waals surface area contributed by atoms with Crippen molar-refractivity contribution in [2.45, 2.75) is 70.0 Å². The highest BCUT2D eigenvalue weighted by molar-refractivity contribution is 6.58. The molecule has 1 heterocycles. The summed E-state index contributed by atoms with van der Waals surface area (Å²) in [5.74, 6) is 2.51. The molecule has 1 saturated heterocycles. The molecule has 0 bridgehead atoms. The van der Waals surface area contributed by atoms with Crippen LogP contribution in [-0.4, -0.2) is 15.4 Å². The Hall–Kier alpha value is -0.543. The van der Waals surface area contributed by atoms with Gasteiger partial charge in [0, 0.05) is 13.8 Å². The van der Waals surface area contributed by atoms with Crippen LogP contribution in [0, 0.1) is 23.6 Å². The van der Waals surface area contributed by atoms with E-state index in [0.717, 1.165) is 11.8 Å². The fraction of sp³-hybridized carbons (Fsp3) is 0.714. The summed E-state index contributed by atoms with van der Waals surface area (Å²) >= 11 is 5.79. The lowest BCUT2D eigenvalue weighted by Crippen LogP contribution is -2.29. The molecule has 1 aliphatic heterocycles. The summed E-state index contributed by atoms with van der Waals surface area (Å²) in [5, 5.41) is 0.419. The normalized spacial score (nSPS) is 30.2. The third kappa shape index (κ3) is 5.46. The molecule has 0 spiro atoms. The van der Waals surface area contributed by atoms with E-state index < -0.39 is 0 Å². The molecule has 2 aliphatic rings. The van der Waals surface area contributed by atoms with Gasteiger partial charge in [-0.05, 0) is 61.6 Å². The molecule has 1 aromatic carbocycles. The quantitative estimate of drug-likeness (QED) is 0.496. The lowest BCUT2D eigenvalue weighted by atomic mass is 9.74. The van der Waals surface area contributed by atoms with Crippen LogP contribution in [0.5, 0.6) is 5.75 Å². The maximum Gasteiger partial charge on any atom is 0.166 e. The van der Waals surface area contributed by atoms with Crippen LogP contribution in [-0.2, 0) is 0 Å². The standard InChI is InChI=1S/C21H32ClFOSi/c1-2-11-25-12-9-18(10-13-25)17-5-3-16(4-6-17)15-24-21-8-7-19(22)14-20(21)23/h7-8,14,16-18,25H,2-6,9-13,15H2,1H3/t16-,17-,18?,25?. The molecule has 1 aliphatic carbocycles. The Bertz CT molecular complexity index is 537. The molecule has 0 aromatic heterocycles. The topological polar surface area (TPSA) is 9.23 Å². The van der Waals surface area contributed by atoms with Crippen LogP contribution >= 0.6 is 11.6 Å². The Morgan fingerprint density at radius 1 is 1.08 bits per heavy atom. The van der Waals surface area contributed by atoms with Crippen LogP contribution in [0.25, 0.3) is 0 Å². The Morgan fingerprint density at radius 3 is 2.40 bits per heavy atom. The largest absolute Gasteiger partial charge is 0.490 e. The lowest BCUT2D eigenvalue weighted by Gasteiger charge is -2.37. The van der Waals surface area contributed by atoms with Crippen molar-refractivity contribution in [1.29, 1.82) is 0 Å². The minimum atomic E-state index is -0.353. The van der Waals surface area contributed by atoms with E-state index in [1.807, 2.05) is 0 Å². The predicted octanol–water partition coefficient (Wildman–Crippen LogP) is 6.71. The molecular weight excluding hydrogens is 351 g/mol. The first-order valence-corrected chi connectivity index (χ1v) is 13.1. The van der Waals surface area contributed by atoms with Gasteiger partial charge >= 0.3 is 0 Å². The van der Waals surface area contributed by atoms with Crippen molar-refractivity contribution in [3.05, 3.63) is 29.0 Å². The molecule has 1 aromatic rings. The molecular formula is C21H32ClFOSi. The zero-order valence-corrected chi connectivity index (χ0v) is 17.4. The maximum atomic E-state index is 13.8. The summed E-state index contributed by atoms with van der Waals surface area (Å²) in [6, 6.07) is 9.41. The van der Waals surface area contributed by atoms with Crippen LogP contribution in [0.1, 0.15) is 51.9 Å². The van der Waals surface area contributed by atoms with Crippen LogP contribution in [0.4, 0.5) is 4.39 Å². The SMILES string of the molecule is CCC[SiH]1CCC([C@H]2CC[C@H](COc3ccc(Cl)cc3F)CC2)CC1. The van der Waals surface area contributed by atoms with E-state index in [0.29, 0.717) is 23.3 Å². The van der Waals surface area contributed by atoms with Crippen molar-refractivity contribution >= 4 is 20.4 Å². The fourth-order valence-electron chi connectivity index (χ4n) is 4.98. The van der Waals surface area contributed by atoms with Gasteiger partial charge in [-0.1, -0.05) is 55.9 Å². The van der Waals surface area contributed by atoms with Gasteiger partial charge in [0.1, 0.15) is 0 Å². The summed E-state index contributed by atoms with van der Waals surface area (Å²) in [6.07, 6.45) is 9.61. The molecule has 140 valence electrons. The summed E-state index contributed by atoms with van der Waals surface area (Å²) < 4.78 is 19.5. The van der Waals surface area contributed by atoms with Gasteiger partial charge in [-0.25, -0.2) is 4.39 Å². The highest BCUT2D eigenvalue weighted by atomic mass is 35.5. The maximum absolute atomic E-state index is 13.8. The van der Waals surface area contributed by atoms with Crippen molar-refractivity contribution in [3.8, 4) is 5.75 Å². The number of hydrogen-bond donors (Lipinski definition) is 0. The zero-order valence-electron chi connectivity index (χ0n) is 15.5. The van der Waals surface area contributed by atoms with E-state index in [9.17, 15) is 4.39 Å². The first kappa shape index (κ1) is 19.2. The first-order valence-electron chi connectivity index (χ1n) is 10.2. The van der Waals surface area contributed by atoms with Crippen molar-refractivity contribution in [3.63, 3.8) is 0 Å². The smallest absolute Gasteiger partial charge is 0.166 e. The average Bonchev–Trinajstić information content (AvgIpc) is 2.62. The molecule has 0 N–H and O–H groups in total. The zero-order chi connectivity index (χ0) is 17.6. The molecule has 0 unspecified atom stereocenters.